The molecule has 0 spiro atoms. The van der Waals surface area contributed by atoms with Gasteiger partial charge < -0.3 is 4.74 Å². The fourth-order valence-corrected chi connectivity index (χ4v) is 0.756. The standard InChI is InChI=1S/C4H11NO3S/c1-3-8-4-9(6,7)5-2/h5H,3-4H2,1-2H3. The van der Waals surface area contributed by atoms with Crippen molar-refractivity contribution in [2.24, 2.45) is 0 Å². The van der Waals surface area contributed by atoms with Crippen LogP contribution in [0.5, 0.6) is 0 Å². The summed E-state index contributed by atoms with van der Waals surface area (Å²) in [4.78, 5) is 0. The molecule has 0 aromatic rings. The zero-order valence-electron chi connectivity index (χ0n) is 5.55. The van der Waals surface area contributed by atoms with Gasteiger partial charge in [-0.15, -0.1) is 0 Å². The first-order chi connectivity index (χ1) is 4.12. The molecular weight excluding hydrogens is 142 g/mol. The molecule has 0 fully saturated rings. The third-order valence-electron chi connectivity index (χ3n) is 0.754. The maximum absolute atomic E-state index is 10.5. The SMILES string of the molecule is CCOCS(=O)(=O)NC. The molecule has 9 heavy (non-hydrogen) atoms. The van der Waals surface area contributed by atoms with Gasteiger partial charge in [0, 0.05) is 6.61 Å². The molecule has 56 valence electrons. The van der Waals surface area contributed by atoms with E-state index >= 15 is 0 Å². The van der Waals surface area contributed by atoms with Gasteiger partial charge in [-0.05, 0) is 14.0 Å². The largest absolute Gasteiger partial charge is 0.364 e. The van der Waals surface area contributed by atoms with Crippen LogP contribution in [0.25, 0.3) is 0 Å². The molecule has 0 aliphatic heterocycles. The van der Waals surface area contributed by atoms with Crippen LogP contribution in [-0.4, -0.2) is 28.0 Å². The van der Waals surface area contributed by atoms with E-state index in [4.69, 9.17) is 0 Å². The molecular formula is C4H11NO3S. The molecule has 0 rings (SSSR count). The van der Waals surface area contributed by atoms with Crippen LogP contribution in [0.3, 0.4) is 0 Å². The smallest absolute Gasteiger partial charge is 0.235 e. The molecule has 0 saturated carbocycles. The Morgan fingerprint density at radius 3 is 2.44 bits per heavy atom. The zero-order valence-corrected chi connectivity index (χ0v) is 6.36. The molecule has 0 bridgehead atoms. The average Bonchev–Trinajstić information content (AvgIpc) is 1.84. The molecule has 0 aromatic heterocycles. The number of nitrogens with one attached hydrogen (secondary N) is 1. The third kappa shape index (κ3) is 4.38. The predicted octanol–water partition coefficient (Wildman–Crippen LogP) is -0.470. The number of sulfonamides is 1. The van der Waals surface area contributed by atoms with Gasteiger partial charge in [0.05, 0.1) is 0 Å². The highest BCUT2D eigenvalue weighted by Crippen LogP contribution is 1.82. The highest BCUT2D eigenvalue weighted by molar-refractivity contribution is 7.89. The summed E-state index contributed by atoms with van der Waals surface area (Å²) in [6.45, 7) is 2.16. The van der Waals surface area contributed by atoms with E-state index in [0.29, 0.717) is 6.61 Å². The lowest BCUT2D eigenvalue weighted by Gasteiger charge is -1.99. The van der Waals surface area contributed by atoms with Crippen LogP contribution in [0.2, 0.25) is 0 Å². The second kappa shape index (κ2) is 3.81. The fraction of sp³-hybridized carbons (Fsp3) is 1.00. The Morgan fingerprint density at radius 2 is 2.11 bits per heavy atom. The summed E-state index contributed by atoms with van der Waals surface area (Å²) in [7, 11) is -1.80. The normalized spacial score (nSPS) is 11.8. The molecule has 0 aliphatic rings. The lowest BCUT2D eigenvalue weighted by atomic mass is 10.9. The molecule has 1 N–H and O–H groups in total. The van der Waals surface area contributed by atoms with E-state index in [1.165, 1.54) is 7.05 Å². The van der Waals surface area contributed by atoms with Crippen molar-refractivity contribution in [3.8, 4) is 0 Å². The quantitative estimate of drug-likeness (QED) is 0.594. The number of hydrogen-bond donors (Lipinski definition) is 1. The lowest BCUT2D eigenvalue weighted by molar-refractivity contribution is 0.191. The maximum Gasteiger partial charge on any atom is 0.235 e. The van der Waals surface area contributed by atoms with Crippen molar-refractivity contribution < 1.29 is 13.2 Å². The number of hydrogen-bond acceptors (Lipinski definition) is 3. The van der Waals surface area contributed by atoms with Crippen molar-refractivity contribution in [1.29, 1.82) is 0 Å². The minimum atomic E-state index is -3.15. The van der Waals surface area contributed by atoms with Gasteiger partial charge in [0.15, 0.2) is 5.94 Å². The molecule has 0 heterocycles. The van der Waals surface area contributed by atoms with Gasteiger partial charge in [-0.2, -0.15) is 0 Å². The second-order valence-corrected chi connectivity index (χ2v) is 3.30. The molecule has 0 amide bonds. The first-order valence-electron chi connectivity index (χ1n) is 2.61. The summed E-state index contributed by atoms with van der Waals surface area (Å²) in [5, 5.41) is 0. The van der Waals surface area contributed by atoms with E-state index in [2.05, 4.69) is 9.46 Å². The van der Waals surface area contributed by atoms with Gasteiger partial charge in [-0.1, -0.05) is 0 Å². The minimum absolute atomic E-state index is 0.250. The van der Waals surface area contributed by atoms with E-state index in [9.17, 15) is 8.42 Å². The molecule has 0 aromatic carbocycles. The molecule has 0 saturated heterocycles. The fourth-order valence-electron chi connectivity index (χ4n) is 0.252. The topological polar surface area (TPSA) is 55.4 Å². The van der Waals surface area contributed by atoms with Crippen LogP contribution < -0.4 is 4.72 Å². The zero-order chi connectivity index (χ0) is 7.33. The molecule has 0 atom stereocenters. The Hall–Kier alpha value is -0.130. The van der Waals surface area contributed by atoms with Gasteiger partial charge >= 0.3 is 0 Å². The summed E-state index contributed by atoms with van der Waals surface area (Å²) in [5.41, 5.74) is 0. The highest BCUT2D eigenvalue weighted by Gasteiger charge is 2.03. The van der Waals surface area contributed by atoms with Crippen molar-refractivity contribution in [3.63, 3.8) is 0 Å². The second-order valence-electron chi connectivity index (χ2n) is 1.43. The first kappa shape index (κ1) is 8.87. The molecule has 0 radical (unpaired) electrons. The first-order valence-corrected chi connectivity index (χ1v) is 4.26. The highest BCUT2D eigenvalue weighted by atomic mass is 32.2. The summed E-state index contributed by atoms with van der Waals surface area (Å²) in [6, 6.07) is 0. The molecule has 0 unspecified atom stereocenters. The Kier molecular flexibility index (Phi) is 3.76. The van der Waals surface area contributed by atoms with Crippen LogP contribution in [-0.2, 0) is 14.8 Å². The van der Waals surface area contributed by atoms with E-state index in [-0.39, 0.29) is 5.94 Å². The summed E-state index contributed by atoms with van der Waals surface area (Å²) in [5.74, 6) is -0.250. The van der Waals surface area contributed by atoms with Crippen LogP contribution in [0.1, 0.15) is 6.92 Å². The van der Waals surface area contributed by atoms with Crippen LogP contribution in [0.15, 0.2) is 0 Å². The van der Waals surface area contributed by atoms with Gasteiger partial charge in [0.25, 0.3) is 0 Å². The van der Waals surface area contributed by atoms with Crippen LogP contribution in [0.4, 0.5) is 0 Å². The number of rotatable bonds is 4. The third-order valence-corrected chi connectivity index (χ3v) is 1.85. The van der Waals surface area contributed by atoms with E-state index in [1.807, 2.05) is 0 Å². The van der Waals surface area contributed by atoms with Crippen molar-refractivity contribution in [1.82, 2.24) is 4.72 Å². The van der Waals surface area contributed by atoms with Crippen molar-refractivity contribution >= 4 is 10.0 Å². The van der Waals surface area contributed by atoms with Gasteiger partial charge in [0.2, 0.25) is 10.0 Å². The molecule has 4 nitrogen and oxygen atoms in total. The number of ether oxygens (including phenoxy) is 1. The van der Waals surface area contributed by atoms with Crippen LogP contribution >= 0.6 is 0 Å². The van der Waals surface area contributed by atoms with E-state index < -0.39 is 10.0 Å². The van der Waals surface area contributed by atoms with Crippen LogP contribution in [0, 0.1) is 0 Å². The Labute approximate surface area is 55.3 Å². The van der Waals surface area contributed by atoms with Crippen molar-refractivity contribution in [2.75, 3.05) is 19.6 Å². The Morgan fingerprint density at radius 1 is 1.56 bits per heavy atom. The summed E-state index contributed by atoms with van der Waals surface area (Å²) in [6.07, 6.45) is 0. The monoisotopic (exact) mass is 153 g/mol. The summed E-state index contributed by atoms with van der Waals surface area (Å²) >= 11 is 0. The lowest BCUT2D eigenvalue weighted by Crippen LogP contribution is -2.23. The van der Waals surface area contributed by atoms with Crippen molar-refractivity contribution in [3.05, 3.63) is 0 Å². The van der Waals surface area contributed by atoms with E-state index in [1.54, 1.807) is 6.92 Å². The van der Waals surface area contributed by atoms with Gasteiger partial charge in [-0.3, -0.25) is 0 Å². The predicted molar refractivity (Wildman–Crippen MR) is 34.5 cm³/mol. The summed E-state index contributed by atoms with van der Waals surface area (Å²) < 4.78 is 27.8. The average molecular weight is 153 g/mol. The molecule has 0 aliphatic carbocycles. The van der Waals surface area contributed by atoms with Gasteiger partial charge in [0.1, 0.15) is 0 Å². The Balaban J connectivity index is 3.61. The van der Waals surface area contributed by atoms with Gasteiger partial charge in [-0.25, -0.2) is 13.1 Å². The Bertz CT molecular complexity index is 151. The molecule has 5 heteroatoms. The maximum atomic E-state index is 10.5. The van der Waals surface area contributed by atoms with Crippen molar-refractivity contribution in [2.45, 2.75) is 6.92 Å². The minimum Gasteiger partial charge on any atom is -0.364 e. The van der Waals surface area contributed by atoms with E-state index in [0.717, 1.165) is 0 Å².